The van der Waals surface area contributed by atoms with Gasteiger partial charge >= 0.3 is 11.9 Å². The maximum absolute atomic E-state index is 13.6. The summed E-state index contributed by atoms with van der Waals surface area (Å²) in [5.41, 5.74) is 3.63. The summed E-state index contributed by atoms with van der Waals surface area (Å²) in [5, 5.41) is 18.4. The van der Waals surface area contributed by atoms with E-state index in [-0.39, 0.29) is 36.5 Å². The summed E-state index contributed by atoms with van der Waals surface area (Å²) in [6.45, 7) is 9.33. The predicted octanol–water partition coefficient (Wildman–Crippen LogP) is 9.57. The molecule has 8 rings (SSSR count). The summed E-state index contributed by atoms with van der Waals surface area (Å²) < 4.78 is 49.5. The van der Waals surface area contributed by atoms with E-state index < -0.39 is 36.4 Å². The Bertz CT molecular complexity index is 2760. The molecule has 2 amide bonds. The molecule has 14 nitrogen and oxygen atoms in total. The Hall–Kier alpha value is -7.16. The van der Waals surface area contributed by atoms with E-state index in [1.807, 2.05) is 59.5 Å². The molecule has 368 valence electrons. The summed E-state index contributed by atoms with van der Waals surface area (Å²) in [4.78, 5) is 56.3. The van der Waals surface area contributed by atoms with E-state index in [0.717, 1.165) is 29.0 Å². The highest BCUT2D eigenvalue weighted by Crippen LogP contribution is 2.27. The Morgan fingerprint density at radius 3 is 1.49 bits per heavy atom. The van der Waals surface area contributed by atoms with Crippen molar-refractivity contribution in [1.82, 2.24) is 19.6 Å². The van der Waals surface area contributed by atoms with Crippen LogP contribution in [-0.2, 0) is 22.6 Å². The van der Waals surface area contributed by atoms with E-state index in [2.05, 4.69) is 4.90 Å². The summed E-state index contributed by atoms with van der Waals surface area (Å²) in [6.07, 6.45) is 4.46. The summed E-state index contributed by atoms with van der Waals surface area (Å²) in [6, 6.07) is 34.1. The number of hydrogen-bond acceptors (Lipinski definition) is 10. The van der Waals surface area contributed by atoms with Crippen molar-refractivity contribution < 1.29 is 51.8 Å². The number of carbonyl (C=O) groups is 4. The van der Waals surface area contributed by atoms with Crippen LogP contribution in [-0.4, -0.2) is 118 Å². The van der Waals surface area contributed by atoms with E-state index in [0.29, 0.717) is 80.6 Å². The van der Waals surface area contributed by atoms with Crippen molar-refractivity contribution >= 4 is 23.8 Å². The van der Waals surface area contributed by atoms with Gasteiger partial charge in [-0.2, -0.15) is 0 Å². The number of furan rings is 2. The molecule has 2 aromatic heterocycles. The van der Waals surface area contributed by atoms with Crippen molar-refractivity contribution in [3.63, 3.8) is 0 Å². The lowest BCUT2D eigenvalue weighted by Gasteiger charge is -2.28. The SMILES string of the molecule is [2H]C(C)(C)N(Cc1ccccc1OCCN1CCC(C(=O)O)C1)C(=O)c1ccc(-c2ccco2)cc1.[2H]C([2H])(c1ccccc1OCCN1CCC(C(=O)O)C1)N(C(=O)c1ccc(-c2ccco2)cc1)C(C)C. The van der Waals surface area contributed by atoms with Crippen LogP contribution < -0.4 is 9.47 Å². The predicted molar refractivity (Wildman–Crippen MR) is 267 cm³/mol. The number of hydrogen-bond donors (Lipinski definition) is 2. The molecule has 70 heavy (non-hydrogen) atoms. The van der Waals surface area contributed by atoms with E-state index in [9.17, 15) is 29.4 Å². The number of carboxylic acid groups (broad SMARTS) is 2. The van der Waals surface area contributed by atoms with Crippen molar-refractivity contribution in [2.45, 2.75) is 65.6 Å². The van der Waals surface area contributed by atoms with Crippen LogP contribution in [0.4, 0.5) is 0 Å². The van der Waals surface area contributed by atoms with Crippen LogP contribution in [0.5, 0.6) is 11.5 Å². The highest BCUT2D eigenvalue weighted by molar-refractivity contribution is 5.95. The molecule has 14 heteroatoms. The molecule has 2 aliphatic rings. The zero-order valence-corrected chi connectivity index (χ0v) is 40.2. The van der Waals surface area contributed by atoms with Crippen LogP contribution >= 0.6 is 0 Å². The standard InChI is InChI=1S/2C28H32N2O5/c2*1-20(2)30(27(31)22-11-9-21(10-12-22)25-8-5-16-34-25)19-23-6-3-4-7-26(23)35-17-15-29-14-13-24(18-29)28(32)33/h2*3-12,16,20,24H,13-15,17-19H2,1-2H3,(H,32,33)/i20D;19D2. The molecule has 0 aliphatic carbocycles. The van der Waals surface area contributed by atoms with Crippen LogP contribution in [0.25, 0.3) is 22.6 Å². The van der Waals surface area contributed by atoms with E-state index in [1.165, 1.54) is 9.80 Å². The third-order valence-electron chi connectivity index (χ3n) is 12.4. The smallest absolute Gasteiger partial charge is 0.307 e. The summed E-state index contributed by atoms with van der Waals surface area (Å²) in [7, 11) is 0. The zero-order chi connectivity index (χ0) is 52.3. The quantitative estimate of drug-likeness (QED) is 0.0745. The Morgan fingerprint density at radius 1 is 0.629 bits per heavy atom. The molecule has 0 bridgehead atoms. The van der Waals surface area contributed by atoms with Crippen molar-refractivity contribution in [3.8, 4) is 34.1 Å². The Balaban J connectivity index is 0.000000214. The molecule has 0 radical (unpaired) electrons. The fourth-order valence-corrected chi connectivity index (χ4v) is 8.39. The molecule has 2 fully saturated rings. The fourth-order valence-electron chi connectivity index (χ4n) is 8.39. The highest BCUT2D eigenvalue weighted by Gasteiger charge is 2.29. The molecule has 6 aromatic rings. The van der Waals surface area contributed by atoms with Gasteiger partial charge in [-0.15, -0.1) is 0 Å². The van der Waals surface area contributed by atoms with Gasteiger partial charge in [-0.25, -0.2) is 0 Å². The lowest BCUT2D eigenvalue weighted by molar-refractivity contribution is -0.142. The molecular weight excluding hydrogens is 889 g/mol. The van der Waals surface area contributed by atoms with E-state index >= 15 is 0 Å². The third kappa shape index (κ3) is 13.5. The number of amides is 2. The first-order chi connectivity index (χ1) is 34.9. The Morgan fingerprint density at radius 2 is 1.07 bits per heavy atom. The Kier molecular flexibility index (Phi) is 16.2. The van der Waals surface area contributed by atoms with Gasteiger partial charge in [0.15, 0.2) is 0 Å². The molecule has 0 saturated carbocycles. The number of para-hydroxylation sites is 2. The monoisotopic (exact) mass is 955 g/mol. The highest BCUT2D eigenvalue weighted by atomic mass is 16.5. The van der Waals surface area contributed by atoms with Crippen LogP contribution in [0.1, 0.15) is 76.5 Å². The molecule has 0 spiro atoms. The van der Waals surface area contributed by atoms with Crippen molar-refractivity contribution in [1.29, 1.82) is 0 Å². The van der Waals surface area contributed by atoms with Gasteiger partial charge < -0.3 is 38.3 Å². The van der Waals surface area contributed by atoms with E-state index in [4.69, 9.17) is 22.4 Å². The summed E-state index contributed by atoms with van der Waals surface area (Å²) in [5.74, 6) is -0.457. The molecule has 2 saturated heterocycles. The normalized spacial score (nSPS) is 16.9. The van der Waals surface area contributed by atoms with Gasteiger partial charge in [0.2, 0.25) is 0 Å². The molecular formula is C56H64N4O10. The topological polar surface area (TPSA) is 166 Å². The van der Waals surface area contributed by atoms with Crippen molar-refractivity contribution in [3.05, 3.63) is 156 Å². The number of carboxylic acids is 2. The van der Waals surface area contributed by atoms with Gasteiger partial charge in [0.05, 0.1) is 28.5 Å². The van der Waals surface area contributed by atoms with Crippen LogP contribution in [0.3, 0.4) is 0 Å². The van der Waals surface area contributed by atoms with Gasteiger partial charge in [0.25, 0.3) is 11.8 Å². The minimum atomic E-state index is -2.15. The lowest BCUT2D eigenvalue weighted by Crippen LogP contribution is -2.36. The molecule has 2 atom stereocenters. The van der Waals surface area contributed by atoms with Gasteiger partial charge in [0, 0.05) is 84.7 Å². The van der Waals surface area contributed by atoms with E-state index in [1.54, 1.807) is 107 Å². The maximum atomic E-state index is 13.6. The average molecular weight is 956 g/mol. The van der Waals surface area contributed by atoms with Crippen LogP contribution in [0.2, 0.25) is 0 Å². The first kappa shape index (κ1) is 46.6. The first-order valence-corrected chi connectivity index (χ1v) is 23.7. The minimum Gasteiger partial charge on any atom is -0.492 e. The number of benzene rings is 4. The third-order valence-corrected chi connectivity index (χ3v) is 12.4. The van der Waals surface area contributed by atoms with Gasteiger partial charge in [-0.1, -0.05) is 60.7 Å². The molecule has 2 unspecified atom stereocenters. The van der Waals surface area contributed by atoms with Crippen molar-refractivity contribution in [2.24, 2.45) is 11.8 Å². The Labute approximate surface area is 414 Å². The van der Waals surface area contributed by atoms with Gasteiger partial charge in [0.1, 0.15) is 36.2 Å². The van der Waals surface area contributed by atoms with Crippen molar-refractivity contribution in [2.75, 3.05) is 52.5 Å². The minimum absolute atomic E-state index is 0.218. The van der Waals surface area contributed by atoms with Crippen LogP contribution in [0, 0.1) is 11.8 Å². The van der Waals surface area contributed by atoms with Crippen LogP contribution in [0.15, 0.2) is 143 Å². The average Bonchev–Trinajstić information content (AvgIpc) is 4.23. The first-order valence-electron chi connectivity index (χ1n) is 25.2. The number of aliphatic carboxylic acids is 2. The second kappa shape index (κ2) is 24.4. The van der Waals surface area contributed by atoms with Gasteiger partial charge in [-0.3, -0.25) is 29.0 Å². The molecule has 4 aromatic carbocycles. The number of nitrogens with zero attached hydrogens (tertiary/aromatic N) is 4. The lowest BCUT2D eigenvalue weighted by atomic mass is 10.1. The number of ether oxygens (including phenoxy) is 2. The largest absolute Gasteiger partial charge is 0.492 e. The number of likely N-dealkylation sites (tertiary alicyclic amines) is 2. The number of rotatable bonds is 20. The molecule has 2 N–H and O–H groups in total. The summed E-state index contributed by atoms with van der Waals surface area (Å²) >= 11 is 0. The fraction of sp³-hybridized carbons (Fsp3) is 0.357. The zero-order valence-electron chi connectivity index (χ0n) is 43.2. The van der Waals surface area contributed by atoms with Gasteiger partial charge in [-0.05, 0) is 114 Å². The maximum Gasteiger partial charge on any atom is 0.307 e. The second-order valence-corrected chi connectivity index (χ2v) is 17.9. The number of carbonyl (C=O) groups excluding carboxylic acids is 2. The molecule has 4 heterocycles. The second-order valence-electron chi connectivity index (χ2n) is 17.9. The molecule has 2 aliphatic heterocycles.